The van der Waals surface area contributed by atoms with Crippen molar-refractivity contribution in [1.29, 1.82) is 0 Å². The van der Waals surface area contributed by atoms with E-state index in [9.17, 15) is 9.90 Å². The fraction of sp³-hybridized carbons (Fsp3) is 0.167. The zero-order chi connectivity index (χ0) is 12.3. The van der Waals surface area contributed by atoms with Crippen molar-refractivity contribution in [3.63, 3.8) is 0 Å². The third-order valence-corrected chi connectivity index (χ3v) is 2.24. The first-order valence-electron chi connectivity index (χ1n) is 5.11. The van der Waals surface area contributed by atoms with Gasteiger partial charge in [0.05, 0.1) is 12.6 Å². The Morgan fingerprint density at radius 2 is 2.24 bits per heavy atom. The lowest BCUT2D eigenvalue weighted by molar-refractivity contribution is -0.137. The van der Waals surface area contributed by atoms with Gasteiger partial charge in [-0.15, -0.1) is 0 Å². The van der Waals surface area contributed by atoms with Gasteiger partial charge in [0, 0.05) is 12.0 Å². The third-order valence-electron chi connectivity index (χ3n) is 2.24. The van der Waals surface area contributed by atoms with E-state index in [1.54, 1.807) is 24.3 Å². The molecule has 2 aromatic rings. The Kier molecular flexibility index (Phi) is 3.09. The van der Waals surface area contributed by atoms with Gasteiger partial charge < -0.3 is 14.6 Å². The Labute approximate surface area is 97.3 Å². The van der Waals surface area contributed by atoms with Gasteiger partial charge in [-0.1, -0.05) is 12.1 Å². The van der Waals surface area contributed by atoms with Crippen LogP contribution in [-0.4, -0.2) is 21.2 Å². The highest BCUT2D eigenvalue weighted by molar-refractivity contribution is 5.66. The van der Waals surface area contributed by atoms with E-state index in [0.29, 0.717) is 17.2 Å². The van der Waals surface area contributed by atoms with Gasteiger partial charge in [-0.3, -0.25) is 4.79 Å². The second kappa shape index (κ2) is 4.69. The van der Waals surface area contributed by atoms with E-state index in [2.05, 4.69) is 4.98 Å². The molecule has 1 heterocycles. The van der Waals surface area contributed by atoms with Gasteiger partial charge >= 0.3 is 5.97 Å². The Balaban J connectivity index is 2.15. The van der Waals surface area contributed by atoms with Crippen LogP contribution in [-0.2, 0) is 11.2 Å². The van der Waals surface area contributed by atoms with Crippen LogP contribution in [0.4, 0.5) is 0 Å². The number of aromatic hydroxyl groups is 1. The first kappa shape index (κ1) is 11.2. The number of aryl methyl sites for hydroxylation is 1. The summed E-state index contributed by atoms with van der Waals surface area (Å²) in [5.74, 6) is 0.153. The Morgan fingerprint density at radius 1 is 1.41 bits per heavy atom. The number of hydrogen-bond acceptors (Lipinski definition) is 4. The average Bonchev–Trinajstić information content (AvgIpc) is 2.75. The molecule has 0 radical (unpaired) electrons. The van der Waals surface area contributed by atoms with Gasteiger partial charge in [0.15, 0.2) is 11.7 Å². The molecule has 0 unspecified atom stereocenters. The number of benzene rings is 1. The van der Waals surface area contributed by atoms with Crippen molar-refractivity contribution >= 4 is 5.97 Å². The normalized spacial score (nSPS) is 10.4. The van der Waals surface area contributed by atoms with Crippen LogP contribution < -0.4 is 0 Å². The number of carboxylic acid groups (broad SMARTS) is 1. The van der Waals surface area contributed by atoms with Crippen LogP contribution in [0.3, 0.4) is 0 Å². The van der Waals surface area contributed by atoms with Crippen LogP contribution in [0.15, 0.2) is 34.9 Å². The summed E-state index contributed by atoms with van der Waals surface area (Å²) < 4.78 is 5.39. The van der Waals surface area contributed by atoms with Crippen LogP contribution in [0.1, 0.15) is 12.3 Å². The molecule has 2 N–H and O–H groups in total. The van der Waals surface area contributed by atoms with E-state index < -0.39 is 5.97 Å². The van der Waals surface area contributed by atoms with Crippen molar-refractivity contribution in [2.24, 2.45) is 0 Å². The Hall–Kier alpha value is -2.30. The number of nitrogens with zero attached hydrogens (tertiary/aromatic N) is 1. The van der Waals surface area contributed by atoms with E-state index in [1.165, 1.54) is 6.20 Å². The highest BCUT2D eigenvalue weighted by Crippen LogP contribution is 2.24. The van der Waals surface area contributed by atoms with Crippen LogP contribution in [0.5, 0.6) is 5.75 Å². The standard InChI is InChI=1S/C12H11NO4/c14-9-3-1-2-8(6-9)10-7-13-11(17-10)4-5-12(15)16/h1-3,6-7,14H,4-5H2,(H,15,16). The lowest BCUT2D eigenvalue weighted by Gasteiger charge is -1.96. The van der Waals surface area contributed by atoms with Gasteiger partial charge in [-0.05, 0) is 12.1 Å². The molecule has 0 atom stereocenters. The van der Waals surface area contributed by atoms with Crippen molar-refractivity contribution < 1.29 is 19.4 Å². The molecule has 1 aromatic carbocycles. The van der Waals surface area contributed by atoms with Gasteiger partial charge in [0.2, 0.25) is 0 Å². The molecule has 0 aliphatic carbocycles. The van der Waals surface area contributed by atoms with Crippen molar-refractivity contribution in [3.05, 3.63) is 36.4 Å². The summed E-state index contributed by atoms with van der Waals surface area (Å²) in [5, 5.41) is 17.9. The van der Waals surface area contributed by atoms with Crippen LogP contribution in [0.2, 0.25) is 0 Å². The van der Waals surface area contributed by atoms with Gasteiger partial charge in [0.1, 0.15) is 5.75 Å². The van der Waals surface area contributed by atoms with Gasteiger partial charge in [-0.2, -0.15) is 0 Å². The molecule has 17 heavy (non-hydrogen) atoms. The predicted octanol–water partition coefficient (Wildman–Crippen LogP) is 2.06. The zero-order valence-corrected chi connectivity index (χ0v) is 8.96. The zero-order valence-electron chi connectivity index (χ0n) is 8.96. The molecule has 0 fully saturated rings. The summed E-state index contributed by atoms with van der Waals surface area (Å²) in [7, 11) is 0. The molecule has 5 heteroatoms. The molecule has 1 aromatic heterocycles. The predicted molar refractivity (Wildman–Crippen MR) is 59.6 cm³/mol. The summed E-state index contributed by atoms with van der Waals surface area (Å²) in [5.41, 5.74) is 0.707. The monoisotopic (exact) mass is 233 g/mol. The largest absolute Gasteiger partial charge is 0.508 e. The number of oxazole rings is 1. The number of carbonyl (C=O) groups is 1. The van der Waals surface area contributed by atoms with Crippen molar-refractivity contribution in [2.75, 3.05) is 0 Å². The molecular weight excluding hydrogens is 222 g/mol. The maximum absolute atomic E-state index is 10.4. The first-order valence-corrected chi connectivity index (χ1v) is 5.11. The minimum atomic E-state index is -0.887. The fourth-order valence-electron chi connectivity index (χ4n) is 1.43. The van der Waals surface area contributed by atoms with E-state index in [-0.39, 0.29) is 18.6 Å². The summed E-state index contributed by atoms with van der Waals surface area (Å²) in [4.78, 5) is 14.4. The number of carboxylic acids is 1. The highest BCUT2D eigenvalue weighted by atomic mass is 16.4. The molecule has 5 nitrogen and oxygen atoms in total. The third kappa shape index (κ3) is 2.84. The molecular formula is C12H11NO4. The lowest BCUT2D eigenvalue weighted by Crippen LogP contribution is -1.97. The molecule has 0 aliphatic rings. The number of rotatable bonds is 4. The van der Waals surface area contributed by atoms with E-state index in [1.807, 2.05) is 0 Å². The second-order valence-electron chi connectivity index (χ2n) is 3.56. The summed E-state index contributed by atoms with van der Waals surface area (Å²) in [6.45, 7) is 0. The van der Waals surface area contributed by atoms with Crippen molar-refractivity contribution in [3.8, 4) is 17.1 Å². The minimum absolute atomic E-state index is 0.0139. The number of aliphatic carboxylic acids is 1. The van der Waals surface area contributed by atoms with Gasteiger partial charge in [-0.25, -0.2) is 4.98 Å². The average molecular weight is 233 g/mol. The Bertz CT molecular complexity index is 533. The molecule has 0 aliphatic heterocycles. The van der Waals surface area contributed by atoms with Crippen LogP contribution in [0.25, 0.3) is 11.3 Å². The highest BCUT2D eigenvalue weighted by Gasteiger charge is 2.08. The SMILES string of the molecule is O=C(O)CCc1ncc(-c2cccc(O)c2)o1. The minimum Gasteiger partial charge on any atom is -0.508 e. The molecule has 0 amide bonds. The number of phenols is 1. The molecule has 2 rings (SSSR count). The maximum atomic E-state index is 10.4. The molecule has 0 saturated heterocycles. The number of phenolic OH excluding ortho intramolecular Hbond substituents is 1. The fourth-order valence-corrected chi connectivity index (χ4v) is 1.43. The van der Waals surface area contributed by atoms with Gasteiger partial charge in [0.25, 0.3) is 0 Å². The molecule has 88 valence electrons. The molecule has 0 saturated carbocycles. The smallest absolute Gasteiger partial charge is 0.303 e. The van der Waals surface area contributed by atoms with E-state index >= 15 is 0 Å². The summed E-state index contributed by atoms with van der Waals surface area (Å²) in [6.07, 6.45) is 1.76. The second-order valence-corrected chi connectivity index (χ2v) is 3.56. The van der Waals surface area contributed by atoms with Crippen LogP contribution >= 0.6 is 0 Å². The van der Waals surface area contributed by atoms with Crippen molar-refractivity contribution in [1.82, 2.24) is 4.98 Å². The topological polar surface area (TPSA) is 83.6 Å². The summed E-state index contributed by atoms with van der Waals surface area (Å²) >= 11 is 0. The lowest BCUT2D eigenvalue weighted by atomic mass is 10.2. The maximum Gasteiger partial charge on any atom is 0.303 e. The summed E-state index contributed by atoms with van der Waals surface area (Å²) in [6, 6.07) is 6.60. The molecule has 0 bridgehead atoms. The van der Waals surface area contributed by atoms with Crippen LogP contribution in [0, 0.1) is 0 Å². The first-order chi connectivity index (χ1) is 8.15. The van der Waals surface area contributed by atoms with E-state index in [4.69, 9.17) is 9.52 Å². The number of aromatic nitrogens is 1. The van der Waals surface area contributed by atoms with E-state index in [0.717, 1.165) is 0 Å². The Morgan fingerprint density at radius 3 is 2.94 bits per heavy atom. The number of hydrogen-bond donors (Lipinski definition) is 2. The molecule has 0 spiro atoms. The van der Waals surface area contributed by atoms with Crippen molar-refractivity contribution in [2.45, 2.75) is 12.8 Å². The quantitative estimate of drug-likeness (QED) is 0.844.